The van der Waals surface area contributed by atoms with E-state index in [0.717, 1.165) is 0 Å². The van der Waals surface area contributed by atoms with Crippen LogP contribution in [-0.2, 0) is 27.6 Å². The van der Waals surface area contributed by atoms with Gasteiger partial charge in [-0.3, -0.25) is 13.6 Å². The van der Waals surface area contributed by atoms with Gasteiger partial charge in [0.2, 0.25) is 0 Å². The van der Waals surface area contributed by atoms with Crippen LogP contribution < -0.4 is 0 Å². The Morgan fingerprint density at radius 1 is 1.05 bits per heavy atom. The van der Waals surface area contributed by atoms with Gasteiger partial charge in [-0.05, 0) is 48.5 Å². The Bertz CT molecular complexity index is 378. The van der Waals surface area contributed by atoms with E-state index in [4.69, 9.17) is 29.9 Å². The molecule has 0 amide bonds. The number of carbonyl (C=O) groups is 1. The normalized spacial score (nSPS) is 14.5. The summed E-state index contributed by atoms with van der Waals surface area (Å²) in [7, 11) is -3.81. The molecule has 0 fully saturated rings. The minimum Gasteiger partial charge on any atom is -0.432 e. The number of halogens is 1. The van der Waals surface area contributed by atoms with Gasteiger partial charge in [-0.25, -0.2) is 9.36 Å². The number of hydrogen-bond donors (Lipinski definition) is 0. The molecule has 1 atom stereocenters. The van der Waals surface area contributed by atoms with Crippen molar-refractivity contribution >= 4 is 25.6 Å². The Labute approximate surface area is 137 Å². The van der Waals surface area contributed by atoms with E-state index >= 15 is 0 Å². The molecular weight excluding hydrogens is 335 g/mol. The Kier molecular flexibility index (Phi) is 8.37. The van der Waals surface area contributed by atoms with Gasteiger partial charge in [0.1, 0.15) is 6.61 Å². The molecule has 0 rings (SSSR count). The van der Waals surface area contributed by atoms with E-state index in [1.165, 1.54) is 6.92 Å². The van der Waals surface area contributed by atoms with Crippen molar-refractivity contribution < 1.29 is 32.4 Å². The van der Waals surface area contributed by atoms with Gasteiger partial charge in [0.05, 0.1) is 17.8 Å². The molecule has 7 nitrogen and oxygen atoms in total. The molecule has 0 aliphatic rings. The van der Waals surface area contributed by atoms with Crippen molar-refractivity contribution in [2.24, 2.45) is 0 Å². The molecular formula is C13H26ClO7P. The van der Waals surface area contributed by atoms with Gasteiger partial charge < -0.3 is 9.47 Å². The van der Waals surface area contributed by atoms with Crippen LogP contribution >= 0.6 is 19.4 Å². The molecule has 22 heavy (non-hydrogen) atoms. The second-order valence-electron chi connectivity index (χ2n) is 6.45. The predicted octanol–water partition coefficient (Wildman–Crippen LogP) is 4.48. The van der Waals surface area contributed by atoms with Crippen LogP contribution in [0.1, 0.15) is 48.5 Å². The molecule has 0 saturated carbocycles. The predicted molar refractivity (Wildman–Crippen MR) is 83.0 cm³/mol. The number of rotatable bonds is 7. The molecule has 0 heterocycles. The minimum atomic E-state index is -3.81. The third kappa shape index (κ3) is 12.2. The van der Waals surface area contributed by atoms with E-state index in [9.17, 15) is 9.36 Å². The zero-order valence-electron chi connectivity index (χ0n) is 14.2. The van der Waals surface area contributed by atoms with Crippen LogP contribution in [0.2, 0.25) is 0 Å². The minimum absolute atomic E-state index is 0.171. The molecule has 0 saturated heterocycles. The van der Waals surface area contributed by atoms with Crippen molar-refractivity contribution in [2.75, 3.05) is 13.2 Å². The lowest BCUT2D eigenvalue weighted by molar-refractivity contribution is -0.00779. The molecule has 0 aliphatic carbocycles. The fourth-order valence-corrected chi connectivity index (χ4v) is 3.04. The van der Waals surface area contributed by atoms with Gasteiger partial charge in [0.25, 0.3) is 0 Å². The van der Waals surface area contributed by atoms with Crippen LogP contribution in [-0.4, -0.2) is 36.1 Å². The lowest BCUT2D eigenvalue weighted by Crippen LogP contribution is -2.25. The van der Waals surface area contributed by atoms with Gasteiger partial charge in [-0.1, -0.05) is 11.6 Å². The SMILES string of the molecule is CC(Cl)OC(=O)OCCOP(=O)(OC(C)(C)C)OC(C)(C)C. The van der Waals surface area contributed by atoms with Crippen LogP contribution in [0, 0.1) is 0 Å². The standard InChI is InChI=1S/C13H26ClO7P/c1-10(14)19-11(15)17-8-9-18-22(16,20-12(2,3)4)21-13(5,6)7/h10H,8-9H2,1-7H3. The number of hydrogen-bond acceptors (Lipinski definition) is 7. The maximum absolute atomic E-state index is 12.6. The first-order chi connectivity index (χ1) is 9.72. The molecule has 0 aromatic rings. The summed E-state index contributed by atoms with van der Waals surface area (Å²) in [6, 6.07) is 0. The summed E-state index contributed by atoms with van der Waals surface area (Å²) < 4.78 is 37.8. The summed E-state index contributed by atoms with van der Waals surface area (Å²) in [6.45, 7) is 11.5. The second-order valence-corrected chi connectivity index (χ2v) is 8.58. The van der Waals surface area contributed by atoms with Crippen LogP contribution in [0.25, 0.3) is 0 Å². The molecule has 0 radical (unpaired) electrons. The zero-order valence-corrected chi connectivity index (χ0v) is 15.8. The quantitative estimate of drug-likeness (QED) is 0.286. The number of alkyl halides is 1. The van der Waals surface area contributed by atoms with Crippen molar-refractivity contribution in [1.29, 1.82) is 0 Å². The van der Waals surface area contributed by atoms with E-state index in [2.05, 4.69) is 4.74 Å². The van der Waals surface area contributed by atoms with E-state index in [0.29, 0.717) is 0 Å². The molecule has 0 N–H and O–H groups in total. The van der Waals surface area contributed by atoms with Gasteiger partial charge in [0, 0.05) is 0 Å². The maximum atomic E-state index is 12.6. The monoisotopic (exact) mass is 360 g/mol. The van der Waals surface area contributed by atoms with Gasteiger partial charge in [-0.15, -0.1) is 0 Å². The Hall–Kier alpha value is -0.330. The summed E-state index contributed by atoms with van der Waals surface area (Å²) >= 11 is 5.46. The Morgan fingerprint density at radius 3 is 1.86 bits per heavy atom. The summed E-state index contributed by atoms with van der Waals surface area (Å²) in [5, 5.41) is 0. The first kappa shape index (κ1) is 21.7. The molecule has 0 spiro atoms. The molecule has 132 valence electrons. The van der Waals surface area contributed by atoms with Crippen molar-refractivity contribution in [2.45, 2.75) is 65.2 Å². The van der Waals surface area contributed by atoms with Crippen molar-refractivity contribution in [3.05, 3.63) is 0 Å². The highest BCUT2D eigenvalue weighted by molar-refractivity contribution is 7.48. The Balaban J connectivity index is 4.49. The molecule has 0 aromatic heterocycles. The average molecular weight is 361 g/mol. The number of ether oxygens (including phenoxy) is 2. The second kappa shape index (κ2) is 8.50. The lowest BCUT2D eigenvalue weighted by Gasteiger charge is -2.30. The lowest BCUT2D eigenvalue weighted by atomic mass is 10.2. The summed E-state index contributed by atoms with van der Waals surface area (Å²) in [6.07, 6.45) is -0.936. The van der Waals surface area contributed by atoms with Crippen LogP contribution in [0.3, 0.4) is 0 Å². The molecule has 0 aliphatic heterocycles. The highest BCUT2D eigenvalue weighted by atomic mass is 35.5. The van der Waals surface area contributed by atoms with Crippen LogP contribution in [0.5, 0.6) is 0 Å². The number of carbonyl (C=O) groups excluding carboxylic acids is 1. The largest absolute Gasteiger partial charge is 0.509 e. The smallest absolute Gasteiger partial charge is 0.432 e. The van der Waals surface area contributed by atoms with E-state index in [1.54, 1.807) is 41.5 Å². The molecule has 0 aromatic carbocycles. The average Bonchev–Trinajstić information content (AvgIpc) is 2.17. The maximum Gasteiger partial charge on any atom is 0.509 e. The molecule has 9 heteroatoms. The van der Waals surface area contributed by atoms with Crippen LogP contribution in [0.4, 0.5) is 4.79 Å². The fraction of sp³-hybridized carbons (Fsp3) is 0.923. The molecule has 1 unspecified atom stereocenters. The fourth-order valence-electron chi connectivity index (χ4n) is 1.18. The summed E-state index contributed by atoms with van der Waals surface area (Å²) in [4.78, 5) is 11.1. The van der Waals surface area contributed by atoms with E-state index in [1.807, 2.05) is 0 Å². The first-order valence-corrected chi connectivity index (χ1v) is 8.76. The van der Waals surface area contributed by atoms with Gasteiger partial charge in [-0.2, -0.15) is 0 Å². The van der Waals surface area contributed by atoms with Crippen LogP contribution in [0.15, 0.2) is 0 Å². The summed E-state index contributed by atoms with van der Waals surface area (Å²) in [5.41, 5.74) is -2.25. The topological polar surface area (TPSA) is 80.3 Å². The van der Waals surface area contributed by atoms with Gasteiger partial charge in [0.15, 0.2) is 5.56 Å². The highest BCUT2D eigenvalue weighted by Gasteiger charge is 2.37. The van der Waals surface area contributed by atoms with Crippen molar-refractivity contribution in [3.8, 4) is 0 Å². The van der Waals surface area contributed by atoms with Crippen molar-refractivity contribution in [3.63, 3.8) is 0 Å². The molecule has 0 bridgehead atoms. The van der Waals surface area contributed by atoms with E-state index in [-0.39, 0.29) is 13.2 Å². The first-order valence-electron chi connectivity index (χ1n) is 6.86. The zero-order chi connectivity index (χ0) is 17.6. The Morgan fingerprint density at radius 2 is 1.50 bits per heavy atom. The third-order valence-corrected chi connectivity index (χ3v) is 3.71. The number of phosphoric acid groups is 1. The highest BCUT2D eigenvalue weighted by Crippen LogP contribution is 2.55. The van der Waals surface area contributed by atoms with Gasteiger partial charge >= 0.3 is 14.0 Å². The third-order valence-electron chi connectivity index (χ3n) is 1.58. The van der Waals surface area contributed by atoms with Crippen molar-refractivity contribution in [1.82, 2.24) is 0 Å². The number of phosphoric ester groups is 1. The summed E-state index contributed by atoms with van der Waals surface area (Å²) in [5.74, 6) is 0. The van der Waals surface area contributed by atoms with E-state index < -0.39 is 30.7 Å².